The van der Waals surface area contributed by atoms with Gasteiger partial charge in [-0.3, -0.25) is 15.2 Å². The minimum absolute atomic E-state index is 0.0181. The predicted molar refractivity (Wildman–Crippen MR) is 59.2 cm³/mol. The van der Waals surface area contributed by atoms with Crippen molar-refractivity contribution in [1.29, 1.82) is 0 Å². The highest BCUT2D eigenvalue weighted by molar-refractivity contribution is 5.67. The molecule has 1 aromatic heterocycles. The molecule has 0 spiro atoms. The monoisotopic (exact) mass is 234 g/mol. The van der Waals surface area contributed by atoms with Crippen LogP contribution in [0.5, 0.6) is 0 Å². The number of nitro benzene ring substituents is 1. The van der Waals surface area contributed by atoms with Crippen molar-refractivity contribution >= 4 is 5.69 Å². The second-order valence-corrected chi connectivity index (χ2v) is 3.31. The summed E-state index contributed by atoms with van der Waals surface area (Å²) in [6.45, 7) is 0.285. The highest BCUT2D eigenvalue weighted by atomic mass is 16.6. The third-order valence-electron chi connectivity index (χ3n) is 2.15. The lowest BCUT2D eigenvalue weighted by Crippen LogP contribution is -1.93. The van der Waals surface area contributed by atoms with Crippen molar-refractivity contribution in [1.82, 2.24) is 15.2 Å². The van der Waals surface area contributed by atoms with Crippen LogP contribution in [0.2, 0.25) is 0 Å². The largest absolute Gasteiger partial charge is 0.377 e. The molecular weight excluding hydrogens is 224 g/mol. The lowest BCUT2D eigenvalue weighted by Gasteiger charge is -1.96. The molecular formula is C10H10N4O3. The standard InChI is InChI=1S/C10H10N4O3/c1-17-6-9-11-10(13-12-9)7-4-2-3-5-8(7)14(15)16/h2-5H,6H2,1H3,(H,11,12,13). The van der Waals surface area contributed by atoms with Crippen LogP contribution < -0.4 is 0 Å². The highest BCUT2D eigenvalue weighted by Gasteiger charge is 2.17. The second-order valence-electron chi connectivity index (χ2n) is 3.31. The number of nitro groups is 1. The number of aromatic nitrogens is 3. The van der Waals surface area contributed by atoms with E-state index in [1.165, 1.54) is 13.2 Å². The van der Waals surface area contributed by atoms with Gasteiger partial charge in [0.15, 0.2) is 11.6 Å². The average molecular weight is 234 g/mol. The predicted octanol–water partition coefficient (Wildman–Crippen LogP) is 1.53. The maximum atomic E-state index is 10.8. The number of rotatable bonds is 4. The van der Waals surface area contributed by atoms with Crippen LogP contribution in [-0.2, 0) is 11.3 Å². The summed E-state index contributed by atoms with van der Waals surface area (Å²) in [6.07, 6.45) is 0. The highest BCUT2D eigenvalue weighted by Crippen LogP contribution is 2.26. The lowest BCUT2D eigenvalue weighted by molar-refractivity contribution is -0.384. The maximum Gasteiger partial charge on any atom is 0.280 e. The van der Waals surface area contributed by atoms with E-state index in [1.807, 2.05) is 0 Å². The third-order valence-corrected chi connectivity index (χ3v) is 2.15. The number of nitrogens with one attached hydrogen (secondary N) is 1. The first-order valence-corrected chi connectivity index (χ1v) is 4.86. The minimum Gasteiger partial charge on any atom is -0.377 e. The summed E-state index contributed by atoms with van der Waals surface area (Å²) in [5.41, 5.74) is 0.367. The molecule has 0 radical (unpaired) electrons. The van der Waals surface area contributed by atoms with Crippen LogP contribution >= 0.6 is 0 Å². The molecule has 7 nitrogen and oxygen atoms in total. The summed E-state index contributed by atoms with van der Waals surface area (Å²) >= 11 is 0. The van der Waals surface area contributed by atoms with Gasteiger partial charge in [0, 0.05) is 13.2 Å². The molecule has 1 heterocycles. The molecule has 0 aliphatic rings. The Balaban J connectivity index is 2.41. The second kappa shape index (κ2) is 4.71. The summed E-state index contributed by atoms with van der Waals surface area (Å²) in [5, 5.41) is 17.4. The van der Waals surface area contributed by atoms with Crippen LogP contribution in [0.25, 0.3) is 11.4 Å². The number of hydrogen-bond acceptors (Lipinski definition) is 5. The van der Waals surface area contributed by atoms with Gasteiger partial charge in [-0.15, -0.1) is 0 Å². The first kappa shape index (κ1) is 11.2. The van der Waals surface area contributed by atoms with Gasteiger partial charge in [0.25, 0.3) is 5.69 Å². The number of aromatic amines is 1. The van der Waals surface area contributed by atoms with Crippen molar-refractivity contribution in [2.24, 2.45) is 0 Å². The Morgan fingerprint density at radius 3 is 2.94 bits per heavy atom. The van der Waals surface area contributed by atoms with Gasteiger partial charge in [-0.1, -0.05) is 12.1 Å². The molecule has 0 aliphatic heterocycles. The smallest absolute Gasteiger partial charge is 0.280 e. The molecule has 0 atom stereocenters. The van der Waals surface area contributed by atoms with Crippen LogP contribution in [-0.4, -0.2) is 27.2 Å². The van der Waals surface area contributed by atoms with Crippen LogP contribution in [0.4, 0.5) is 5.69 Å². The maximum absolute atomic E-state index is 10.8. The van der Waals surface area contributed by atoms with Gasteiger partial charge < -0.3 is 4.74 Å². The van der Waals surface area contributed by atoms with Gasteiger partial charge in [-0.25, -0.2) is 4.98 Å². The Morgan fingerprint density at radius 2 is 2.24 bits per heavy atom. The molecule has 0 amide bonds. The van der Waals surface area contributed by atoms with Crippen LogP contribution in [0.15, 0.2) is 24.3 Å². The number of methoxy groups -OCH3 is 1. The van der Waals surface area contributed by atoms with Crippen LogP contribution in [0.1, 0.15) is 5.82 Å². The Labute approximate surface area is 96.6 Å². The summed E-state index contributed by atoms with van der Waals surface area (Å²) in [6, 6.07) is 6.33. The first-order chi connectivity index (χ1) is 8.22. The quantitative estimate of drug-likeness (QED) is 0.639. The summed E-state index contributed by atoms with van der Waals surface area (Å²) < 4.78 is 4.89. The summed E-state index contributed by atoms with van der Waals surface area (Å²) in [4.78, 5) is 14.5. The van der Waals surface area contributed by atoms with Crippen molar-refractivity contribution in [3.05, 3.63) is 40.2 Å². The Kier molecular flexibility index (Phi) is 3.10. The summed E-state index contributed by atoms with van der Waals surface area (Å²) in [5.74, 6) is 0.824. The van der Waals surface area contributed by atoms with E-state index in [0.29, 0.717) is 17.2 Å². The van der Waals surface area contributed by atoms with Gasteiger partial charge >= 0.3 is 0 Å². The summed E-state index contributed by atoms with van der Waals surface area (Å²) in [7, 11) is 1.53. The molecule has 88 valence electrons. The fourth-order valence-corrected chi connectivity index (χ4v) is 1.44. The van der Waals surface area contributed by atoms with E-state index in [2.05, 4.69) is 15.2 Å². The van der Waals surface area contributed by atoms with Crippen molar-refractivity contribution in [3.8, 4) is 11.4 Å². The van der Waals surface area contributed by atoms with Crippen molar-refractivity contribution in [3.63, 3.8) is 0 Å². The van der Waals surface area contributed by atoms with Crippen molar-refractivity contribution in [2.75, 3.05) is 7.11 Å². The van der Waals surface area contributed by atoms with Crippen LogP contribution in [0.3, 0.4) is 0 Å². The van der Waals surface area contributed by atoms with Gasteiger partial charge in [0.1, 0.15) is 6.61 Å². The zero-order valence-corrected chi connectivity index (χ0v) is 9.08. The van der Waals surface area contributed by atoms with E-state index in [1.54, 1.807) is 18.2 Å². The molecule has 17 heavy (non-hydrogen) atoms. The lowest BCUT2D eigenvalue weighted by atomic mass is 10.2. The third kappa shape index (κ3) is 2.28. The van der Waals surface area contributed by atoms with E-state index >= 15 is 0 Å². The minimum atomic E-state index is -0.457. The van der Waals surface area contributed by atoms with Crippen LogP contribution in [0, 0.1) is 10.1 Å². The SMILES string of the molecule is COCc1nc(-c2ccccc2[N+](=O)[O-])n[nH]1. The molecule has 0 aliphatic carbocycles. The molecule has 2 aromatic rings. The molecule has 1 aromatic carbocycles. The van der Waals surface area contributed by atoms with E-state index < -0.39 is 4.92 Å². The topological polar surface area (TPSA) is 93.9 Å². The number of para-hydroxylation sites is 1. The molecule has 0 saturated carbocycles. The molecule has 1 N–H and O–H groups in total. The Hall–Kier alpha value is -2.28. The fourth-order valence-electron chi connectivity index (χ4n) is 1.44. The van der Waals surface area contributed by atoms with Gasteiger partial charge in [0.2, 0.25) is 0 Å². The normalized spacial score (nSPS) is 10.4. The number of H-pyrrole nitrogens is 1. The number of nitrogens with zero attached hydrogens (tertiary/aromatic N) is 3. The van der Waals surface area contributed by atoms with E-state index in [4.69, 9.17) is 4.74 Å². The molecule has 0 fully saturated rings. The molecule has 0 unspecified atom stereocenters. The molecule has 0 bridgehead atoms. The zero-order valence-electron chi connectivity index (χ0n) is 9.08. The van der Waals surface area contributed by atoms with E-state index in [-0.39, 0.29) is 12.3 Å². The average Bonchev–Trinajstić information content (AvgIpc) is 2.78. The molecule has 7 heteroatoms. The fraction of sp³-hybridized carbons (Fsp3) is 0.200. The molecule has 2 rings (SSSR count). The Bertz CT molecular complexity index is 538. The van der Waals surface area contributed by atoms with E-state index in [0.717, 1.165) is 0 Å². The first-order valence-electron chi connectivity index (χ1n) is 4.86. The molecule has 0 saturated heterocycles. The van der Waals surface area contributed by atoms with Crippen molar-refractivity contribution in [2.45, 2.75) is 6.61 Å². The van der Waals surface area contributed by atoms with Crippen molar-refractivity contribution < 1.29 is 9.66 Å². The Morgan fingerprint density at radius 1 is 1.47 bits per heavy atom. The van der Waals surface area contributed by atoms with E-state index in [9.17, 15) is 10.1 Å². The number of ether oxygens (including phenoxy) is 1. The number of hydrogen-bond donors (Lipinski definition) is 1. The van der Waals surface area contributed by atoms with Gasteiger partial charge in [0.05, 0.1) is 10.5 Å². The van der Waals surface area contributed by atoms with Gasteiger partial charge in [-0.05, 0) is 6.07 Å². The zero-order chi connectivity index (χ0) is 12.3. The number of benzene rings is 1. The van der Waals surface area contributed by atoms with Gasteiger partial charge in [-0.2, -0.15) is 5.10 Å².